The van der Waals surface area contributed by atoms with E-state index < -0.39 is 0 Å². The standard InChI is InChI=1S/C43H31N5O/c1-27-34(42-47-40(31-9-5-3-6-10-31)46-41(48-42)32-11-7-4-8-12-32)21-22-35-37-24-43(2,33-19-15-29(26-45)16-20-33)23-36(39(37)49-38(27)35)30-17-13-28(25-44)14-18-30/h3-23,27,34H,24H2,1-2H3. The lowest BCUT2D eigenvalue weighted by atomic mass is 9.70. The molecule has 234 valence electrons. The van der Waals surface area contributed by atoms with E-state index in [1.807, 2.05) is 109 Å². The van der Waals surface area contributed by atoms with Crippen molar-refractivity contribution in [2.24, 2.45) is 0 Å². The predicted molar refractivity (Wildman–Crippen MR) is 190 cm³/mol. The molecule has 3 unspecified atom stereocenters. The molecule has 2 aromatic heterocycles. The van der Waals surface area contributed by atoms with E-state index >= 15 is 0 Å². The van der Waals surface area contributed by atoms with Crippen LogP contribution in [0.25, 0.3) is 34.4 Å². The number of nitrogens with zero attached hydrogens (tertiary/aromatic N) is 5. The van der Waals surface area contributed by atoms with Gasteiger partial charge in [0.1, 0.15) is 17.3 Å². The molecule has 3 atom stereocenters. The fourth-order valence-corrected chi connectivity index (χ4v) is 7.08. The summed E-state index contributed by atoms with van der Waals surface area (Å²) in [7, 11) is 0. The molecule has 2 aliphatic carbocycles. The van der Waals surface area contributed by atoms with Crippen molar-refractivity contribution in [2.75, 3.05) is 0 Å². The maximum absolute atomic E-state index is 9.47. The molecule has 6 heteroatoms. The van der Waals surface area contributed by atoms with Crippen LogP contribution in [0.1, 0.15) is 76.4 Å². The number of furan rings is 1. The van der Waals surface area contributed by atoms with Gasteiger partial charge in [0.05, 0.1) is 23.3 Å². The number of aromatic nitrogens is 3. The minimum Gasteiger partial charge on any atom is -0.460 e. The highest BCUT2D eigenvalue weighted by Gasteiger charge is 2.39. The molecule has 0 saturated heterocycles. The van der Waals surface area contributed by atoms with Gasteiger partial charge in [-0.25, -0.2) is 15.0 Å². The summed E-state index contributed by atoms with van der Waals surface area (Å²) >= 11 is 0. The Morgan fingerprint density at radius 3 is 1.86 bits per heavy atom. The Kier molecular flexibility index (Phi) is 7.35. The van der Waals surface area contributed by atoms with Gasteiger partial charge in [0.2, 0.25) is 0 Å². The highest BCUT2D eigenvalue weighted by atomic mass is 16.3. The van der Waals surface area contributed by atoms with Crippen LogP contribution in [0.4, 0.5) is 0 Å². The lowest BCUT2D eigenvalue weighted by molar-refractivity contribution is 0.437. The summed E-state index contributed by atoms with van der Waals surface area (Å²) in [5.41, 5.74) is 8.08. The SMILES string of the molecule is CC1c2oc3c(c2C=CC1c1nc(-c2ccccc2)nc(-c2ccccc2)n1)CC(C)(c1ccc(C#N)cc1)C=C3c1ccc(C#N)cc1. The summed E-state index contributed by atoms with van der Waals surface area (Å²) < 4.78 is 6.91. The molecule has 0 bridgehead atoms. The molecule has 4 aromatic carbocycles. The van der Waals surface area contributed by atoms with Gasteiger partial charge in [0.15, 0.2) is 11.6 Å². The van der Waals surface area contributed by atoms with Crippen LogP contribution in [0.2, 0.25) is 0 Å². The molecule has 0 radical (unpaired) electrons. The van der Waals surface area contributed by atoms with Crippen molar-refractivity contribution in [2.45, 2.75) is 37.5 Å². The van der Waals surface area contributed by atoms with Gasteiger partial charge in [0.25, 0.3) is 0 Å². The normalized spacial score (nSPS) is 19.2. The molecular weight excluding hydrogens is 603 g/mol. The minimum absolute atomic E-state index is 0.0522. The highest BCUT2D eigenvalue weighted by molar-refractivity contribution is 5.85. The van der Waals surface area contributed by atoms with Crippen molar-refractivity contribution in [1.29, 1.82) is 10.5 Å². The third kappa shape index (κ3) is 5.34. The second-order valence-corrected chi connectivity index (χ2v) is 13.0. The number of rotatable bonds is 5. The van der Waals surface area contributed by atoms with E-state index in [0.717, 1.165) is 56.9 Å². The van der Waals surface area contributed by atoms with Gasteiger partial charge in [-0.3, -0.25) is 0 Å². The summed E-state index contributed by atoms with van der Waals surface area (Å²) in [5, 5.41) is 18.9. The van der Waals surface area contributed by atoms with Crippen molar-refractivity contribution in [1.82, 2.24) is 15.0 Å². The highest BCUT2D eigenvalue weighted by Crippen LogP contribution is 2.50. The average Bonchev–Trinajstić information content (AvgIpc) is 3.54. The number of benzene rings is 4. The Bertz CT molecular complexity index is 2280. The van der Waals surface area contributed by atoms with Crippen LogP contribution in [-0.2, 0) is 11.8 Å². The first kappa shape index (κ1) is 30.0. The van der Waals surface area contributed by atoms with Crippen LogP contribution in [0.15, 0.2) is 126 Å². The molecule has 8 rings (SSSR count). The quantitative estimate of drug-likeness (QED) is 0.188. The largest absolute Gasteiger partial charge is 0.460 e. The Labute approximate surface area is 285 Å². The maximum atomic E-state index is 9.47. The van der Waals surface area contributed by atoms with Crippen LogP contribution in [0.3, 0.4) is 0 Å². The number of fused-ring (bicyclic) bond motifs is 3. The molecule has 0 aliphatic heterocycles. The maximum Gasteiger partial charge on any atom is 0.163 e. The molecule has 0 fully saturated rings. The van der Waals surface area contributed by atoms with Crippen molar-refractivity contribution in [3.63, 3.8) is 0 Å². The Morgan fingerprint density at radius 1 is 0.714 bits per heavy atom. The summed E-state index contributed by atoms with van der Waals surface area (Å²) in [6.45, 7) is 4.42. The molecule has 49 heavy (non-hydrogen) atoms. The summed E-state index contributed by atoms with van der Waals surface area (Å²) in [5.74, 6) is 3.54. The van der Waals surface area contributed by atoms with Gasteiger partial charge in [0, 0.05) is 45.1 Å². The fourth-order valence-electron chi connectivity index (χ4n) is 7.08. The summed E-state index contributed by atoms with van der Waals surface area (Å²) in [6.07, 6.45) is 7.40. The van der Waals surface area contributed by atoms with Gasteiger partial charge in [-0.1, -0.05) is 117 Å². The van der Waals surface area contributed by atoms with Crippen molar-refractivity contribution >= 4 is 11.6 Å². The first-order valence-electron chi connectivity index (χ1n) is 16.4. The lowest BCUT2D eigenvalue weighted by Crippen LogP contribution is -2.27. The summed E-state index contributed by atoms with van der Waals surface area (Å²) in [4.78, 5) is 15.0. The minimum atomic E-state index is -0.362. The van der Waals surface area contributed by atoms with Gasteiger partial charge < -0.3 is 4.42 Å². The van der Waals surface area contributed by atoms with E-state index in [1.165, 1.54) is 0 Å². The third-order valence-corrected chi connectivity index (χ3v) is 9.76. The molecule has 0 N–H and O–H groups in total. The molecular formula is C43H31N5O. The first-order chi connectivity index (χ1) is 23.9. The van der Waals surface area contributed by atoms with E-state index in [9.17, 15) is 10.5 Å². The van der Waals surface area contributed by atoms with Gasteiger partial charge >= 0.3 is 0 Å². The predicted octanol–water partition coefficient (Wildman–Crippen LogP) is 9.40. The fraction of sp³-hybridized carbons (Fsp3) is 0.140. The monoisotopic (exact) mass is 633 g/mol. The third-order valence-electron chi connectivity index (χ3n) is 9.76. The van der Waals surface area contributed by atoms with Gasteiger partial charge in [-0.15, -0.1) is 0 Å². The van der Waals surface area contributed by atoms with Crippen LogP contribution in [0, 0.1) is 22.7 Å². The van der Waals surface area contributed by atoms with E-state index in [-0.39, 0.29) is 17.3 Å². The van der Waals surface area contributed by atoms with Crippen molar-refractivity contribution in [3.05, 3.63) is 172 Å². The zero-order valence-corrected chi connectivity index (χ0v) is 27.1. The second-order valence-electron chi connectivity index (χ2n) is 13.0. The van der Waals surface area contributed by atoms with Crippen molar-refractivity contribution in [3.8, 4) is 34.9 Å². The molecule has 6 aromatic rings. The lowest BCUT2D eigenvalue weighted by Gasteiger charge is -2.32. The van der Waals surface area contributed by atoms with Crippen LogP contribution in [0.5, 0.6) is 0 Å². The number of nitriles is 2. The number of hydrogen-bond donors (Lipinski definition) is 0. The topological polar surface area (TPSA) is 99.4 Å². The van der Waals surface area contributed by atoms with Crippen LogP contribution in [-0.4, -0.2) is 15.0 Å². The molecule has 0 amide bonds. The Morgan fingerprint density at radius 2 is 1.29 bits per heavy atom. The van der Waals surface area contributed by atoms with Crippen molar-refractivity contribution < 1.29 is 4.42 Å². The summed E-state index contributed by atoms with van der Waals surface area (Å²) in [6, 6.07) is 40.0. The molecule has 0 spiro atoms. The van der Waals surface area contributed by atoms with E-state index in [2.05, 4.69) is 44.2 Å². The Hall–Kier alpha value is -6.37. The van der Waals surface area contributed by atoms with Gasteiger partial charge in [-0.05, 0) is 41.8 Å². The Balaban J connectivity index is 1.24. The molecule has 0 saturated carbocycles. The first-order valence-corrected chi connectivity index (χ1v) is 16.4. The smallest absolute Gasteiger partial charge is 0.163 e. The number of allylic oxidation sites excluding steroid dienone is 2. The van der Waals surface area contributed by atoms with Crippen LogP contribution >= 0.6 is 0 Å². The van der Waals surface area contributed by atoms with Gasteiger partial charge in [-0.2, -0.15) is 10.5 Å². The zero-order chi connectivity index (χ0) is 33.5. The van der Waals surface area contributed by atoms with E-state index in [0.29, 0.717) is 28.6 Å². The van der Waals surface area contributed by atoms with E-state index in [4.69, 9.17) is 19.4 Å². The van der Waals surface area contributed by atoms with Crippen LogP contribution < -0.4 is 0 Å². The molecule has 2 heterocycles. The molecule has 2 aliphatic rings. The molecule has 6 nitrogen and oxygen atoms in total. The van der Waals surface area contributed by atoms with E-state index in [1.54, 1.807) is 0 Å². The number of hydrogen-bond acceptors (Lipinski definition) is 6. The average molecular weight is 634 g/mol. The zero-order valence-electron chi connectivity index (χ0n) is 27.1. The second kappa shape index (κ2) is 12.0.